The molecule has 0 saturated heterocycles. The number of carboxylic acid groups (broad SMARTS) is 1. The number of carbonyl (C=O) groups is 2. The fraction of sp³-hybridized carbons (Fsp3) is 0.677. The summed E-state index contributed by atoms with van der Waals surface area (Å²) >= 11 is 0. The van der Waals surface area contributed by atoms with E-state index in [9.17, 15) is 24.9 Å². The van der Waals surface area contributed by atoms with Crippen LogP contribution < -0.4 is 0 Å². The Hall–Kier alpha value is -2.02. The number of aliphatic hydroxyl groups is 2. The summed E-state index contributed by atoms with van der Waals surface area (Å²) in [4.78, 5) is 25.8. The van der Waals surface area contributed by atoms with Crippen molar-refractivity contribution in [2.24, 2.45) is 28.1 Å². The number of carboxylic acids is 1. The molecular weight excluding hydrogens is 468 g/mol. The summed E-state index contributed by atoms with van der Waals surface area (Å²) in [6.45, 7) is 13.4. The number of carbonyl (C=O) groups excluding carboxylic acids is 1. The Kier molecular flexibility index (Phi) is 8.20. The predicted molar refractivity (Wildman–Crippen MR) is 145 cm³/mol. The highest BCUT2D eigenvalue weighted by Gasteiger charge is 2.67. The van der Waals surface area contributed by atoms with Gasteiger partial charge in [0.2, 0.25) is 0 Å². The van der Waals surface area contributed by atoms with Gasteiger partial charge < -0.3 is 20.1 Å². The highest BCUT2D eigenvalue weighted by Crippen LogP contribution is 2.69. The number of aliphatic carboxylic acids is 1. The average Bonchev–Trinajstić information content (AvgIpc) is 3.07. The first-order valence-electron chi connectivity index (χ1n) is 13.5. The summed E-state index contributed by atoms with van der Waals surface area (Å²) in [5, 5.41) is 31.0. The van der Waals surface area contributed by atoms with Gasteiger partial charge in [-0.1, -0.05) is 49.8 Å². The lowest BCUT2D eigenvalue weighted by atomic mass is 9.43. The van der Waals surface area contributed by atoms with E-state index in [-0.39, 0.29) is 28.4 Å². The lowest BCUT2D eigenvalue weighted by Gasteiger charge is -2.61. The molecule has 0 aromatic carbocycles. The number of Topliss-reactive ketones (excluding diaryl/α,β-unsaturated/α-hetero) is 1. The number of rotatable bonds is 7. The van der Waals surface area contributed by atoms with E-state index in [1.807, 2.05) is 44.2 Å². The van der Waals surface area contributed by atoms with Gasteiger partial charge in [0, 0.05) is 24.5 Å². The number of allylic oxidation sites excluding steroid dienone is 7. The lowest BCUT2D eigenvalue weighted by Crippen LogP contribution is -2.61. The smallest absolute Gasteiger partial charge is 0.312 e. The molecule has 6 nitrogen and oxygen atoms in total. The summed E-state index contributed by atoms with van der Waals surface area (Å²) in [6, 6.07) is 0. The van der Waals surface area contributed by atoms with Crippen molar-refractivity contribution >= 4 is 11.8 Å². The van der Waals surface area contributed by atoms with Crippen LogP contribution in [0.15, 0.2) is 47.1 Å². The van der Waals surface area contributed by atoms with Gasteiger partial charge in [0.05, 0.1) is 17.1 Å². The minimum absolute atomic E-state index is 0.0591. The predicted octanol–water partition coefficient (Wildman–Crippen LogP) is 5.40. The van der Waals surface area contributed by atoms with E-state index in [0.717, 1.165) is 29.6 Å². The second-order valence-electron chi connectivity index (χ2n) is 12.8. The number of methoxy groups -OCH3 is 1. The van der Waals surface area contributed by atoms with E-state index in [1.165, 1.54) is 0 Å². The molecule has 206 valence electrons. The van der Waals surface area contributed by atoms with Crippen LogP contribution in [0.25, 0.3) is 0 Å². The van der Waals surface area contributed by atoms with Crippen LogP contribution in [0.3, 0.4) is 0 Å². The molecule has 0 bridgehead atoms. The van der Waals surface area contributed by atoms with Crippen molar-refractivity contribution in [3.8, 4) is 0 Å². The van der Waals surface area contributed by atoms with Crippen molar-refractivity contribution in [3.05, 3.63) is 47.1 Å². The van der Waals surface area contributed by atoms with Crippen molar-refractivity contribution in [2.75, 3.05) is 7.11 Å². The van der Waals surface area contributed by atoms with Gasteiger partial charge in [-0.05, 0) is 83.1 Å². The first-order chi connectivity index (χ1) is 17.0. The highest BCUT2D eigenvalue weighted by molar-refractivity contribution is 6.01. The summed E-state index contributed by atoms with van der Waals surface area (Å²) < 4.78 is 5.35. The summed E-state index contributed by atoms with van der Waals surface area (Å²) in [5.41, 5.74) is 0.0137. The van der Waals surface area contributed by atoms with E-state index >= 15 is 0 Å². The van der Waals surface area contributed by atoms with E-state index in [0.29, 0.717) is 19.3 Å². The molecule has 3 N–H and O–H groups in total. The van der Waals surface area contributed by atoms with Crippen LogP contribution in [-0.4, -0.2) is 52.0 Å². The fourth-order valence-corrected chi connectivity index (χ4v) is 7.88. The van der Waals surface area contributed by atoms with Crippen LogP contribution in [0, 0.1) is 28.1 Å². The Bertz CT molecular complexity index is 1040. The zero-order chi connectivity index (χ0) is 28.0. The highest BCUT2D eigenvalue weighted by atomic mass is 16.5. The van der Waals surface area contributed by atoms with Crippen LogP contribution in [0.2, 0.25) is 0 Å². The third kappa shape index (κ3) is 5.05. The van der Waals surface area contributed by atoms with E-state index in [1.54, 1.807) is 27.9 Å². The third-order valence-corrected chi connectivity index (χ3v) is 9.97. The summed E-state index contributed by atoms with van der Waals surface area (Å²) in [6.07, 6.45) is 11.4. The standard InChI is InChI=1S/C31H46O6/c1-19(12-13-25(37-8)28(3,4)36)10-9-11-20(2)26-21(32)18-23-29(5)17-15-24(33)31(7,27(34)35)22(29)14-16-30(23,26)6/h9-13,22-25,33,36H,14-18H2,1-8H3,(H,34,35)/b11-9+,13-12-,19-10+,26-20?/t22-,23+,24-,25-,29+,30+,31-/m1/s1. The summed E-state index contributed by atoms with van der Waals surface area (Å²) in [5.74, 6) is -0.883. The number of ketones is 1. The number of ether oxygens (including phenoxy) is 1. The van der Waals surface area contributed by atoms with Gasteiger partial charge >= 0.3 is 5.97 Å². The Morgan fingerprint density at radius 2 is 1.76 bits per heavy atom. The SMILES string of the molecule is CO[C@H](\C=C/C(C)=C/C=C/C(C)=C1C(=O)C[C@H]2[C@@]3(C)CC[C@@H](O)[C@](C)(C(=O)O)[C@@H]3CC[C@]12C)C(C)(C)O. The third-order valence-electron chi connectivity index (χ3n) is 9.97. The maximum absolute atomic E-state index is 13.4. The van der Waals surface area contributed by atoms with Crippen molar-refractivity contribution in [3.63, 3.8) is 0 Å². The van der Waals surface area contributed by atoms with Crippen LogP contribution in [0.4, 0.5) is 0 Å². The van der Waals surface area contributed by atoms with E-state index in [4.69, 9.17) is 4.74 Å². The Balaban J connectivity index is 1.88. The van der Waals surface area contributed by atoms with Crippen molar-refractivity contribution in [1.29, 1.82) is 0 Å². The van der Waals surface area contributed by atoms with Crippen LogP contribution in [0.1, 0.15) is 80.6 Å². The molecule has 3 fully saturated rings. The fourth-order valence-electron chi connectivity index (χ4n) is 7.88. The Morgan fingerprint density at radius 1 is 1.11 bits per heavy atom. The maximum Gasteiger partial charge on any atom is 0.312 e. The summed E-state index contributed by atoms with van der Waals surface area (Å²) in [7, 11) is 1.57. The molecule has 0 aromatic heterocycles. The molecule has 0 aliphatic heterocycles. The van der Waals surface area contributed by atoms with Crippen LogP contribution in [0.5, 0.6) is 0 Å². The first-order valence-corrected chi connectivity index (χ1v) is 13.5. The molecule has 0 amide bonds. The van der Waals surface area contributed by atoms with E-state index < -0.39 is 29.2 Å². The molecule has 0 radical (unpaired) electrons. The van der Waals surface area contributed by atoms with Gasteiger partial charge in [0.15, 0.2) is 5.78 Å². The molecule has 0 spiro atoms. The number of hydrogen-bond acceptors (Lipinski definition) is 5. The molecule has 3 aliphatic rings. The first kappa shape index (κ1) is 29.5. The molecule has 3 aliphatic carbocycles. The molecule has 0 aromatic rings. The van der Waals surface area contributed by atoms with Gasteiger partial charge in [-0.25, -0.2) is 0 Å². The number of aliphatic hydroxyl groups excluding tert-OH is 1. The van der Waals surface area contributed by atoms with Gasteiger partial charge in [-0.2, -0.15) is 0 Å². The zero-order valence-electron chi connectivity index (χ0n) is 23.8. The molecule has 0 heterocycles. The zero-order valence-corrected chi connectivity index (χ0v) is 23.8. The Morgan fingerprint density at radius 3 is 2.32 bits per heavy atom. The normalized spacial score (nSPS) is 39.1. The second-order valence-corrected chi connectivity index (χ2v) is 12.8. The van der Waals surface area contributed by atoms with Gasteiger partial charge in [-0.3, -0.25) is 9.59 Å². The minimum Gasteiger partial charge on any atom is -0.481 e. The van der Waals surface area contributed by atoms with Crippen LogP contribution in [-0.2, 0) is 14.3 Å². The van der Waals surface area contributed by atoms with Gasteiger partial charge in [-0.15, -0.1) is 0 Å². The Labute approximate surface area is 222 Å². The average molecular weight is 515 g/mol. The van der Waals surface area contributed by atoms with Crippen molar-refractivity contribution in [2.45, 2.75) is 98.4 Å². The molecular formula is C31H46O6. The molecule has 7 atom stereocenters. The van der Waals surface area contributed by atoms with Gasteiger partial charge in [0.25, 0.3) is 0 Å². The topological polar surface area (TPSA) is 104 Å². The molecule has 0 unspecified atom stereocenters. The molecule has 3 rings (SSSR count). The van der Waals surface area contributed by atoms with Crippen LogP contribution >= 0.6 is 0 Å². The minimum atomic E-state index is -1.19. The molecule has 3 saturated carbocycles. The van der Waals surface area contributed by atoms with Crippen molar-refractivity contribution in [1.82, 2.24) is 0 Å². The monoisotopic (exact) mass is 514 g/mol. The quantitative estimate of drug-likeness (QED) is 0.310. The maximum atomic E-state index is 13.4. The number of fused-ring (bicyclic) bond motifs is 3. The lowest BCUT2D eigenvalue weighted by molar-refractivity contribution is -0.194. The number of hydrogen-bond donors (Lipinski definition) is 3. The largest absolute Gasteiger partial charge is 0.481 e. The molecule has 37 heavy (non-hydrogen) atoms. The second kappa shape index (κ2) is 10.3. The molecule has 6 heteroatoms. The van der Waals surface area contributed by atoms with E-state index in [2.05, 4.69) is 13.8 Å². The van der Waals surface area contributed by atoms with Crippen molar-refractivity contribution < 1.29 is 29.6 Å². The van der Waals surface area contributed by atoms with Gasteiger partial charge in [0.1, 0.15) is 6.10 Å².